The highest BCUT2D eigenvalue weighted by molar-refractivity contribution is 5.60. The van der Waals surface area contributed by atoms with Gasteiger partial charge in [-0.2, -0.15) is 0 Å². The molecule has 0 unspecified atom stereocenters. The summed E-state index contributed by atoms with van der Waals surface area (Å²) in [6.07, 6.45) is -1.07. The lowest BCUT2D eigenvalue weighted by atomic mass is 10.2. The van der Waals surface area contributed by atoms with Gasteiger partial charge in [0, 0.05) is 0 Å². The first-order valence-electron chi connectivity index (χ1n) is 2.59. The SMILES string of the molecule is CC(C)=C(O)[C@@H](O)C=O. The number of hydrogen-bond acceptors (Lipinski definition) is 3. The van der Waals surface area contributed by atoms with E-state index in [1.54, 1.807) is 13.8 Å². The van der Waals surface area contributed by atoms with E-state index < -0.39 is 6.10 Å². The van der Waals surface area contributed by atoms with Gasteiger partial charge in [-0.25, -0.2) is 0 Å². The molecule has 0 radical (unpaired) electrons. The summed E-state index contributed by atoms with van der Waals surface area (Å²) in [4.78, 5) is 9.81. The molecule has 52 valence electrons. The van der Waals surface area contributed by atoms with E-state index in [9.17, 15) is 4.79 Å². The lowest BCUT2D eigenvalue weighted by molar-refractivity contribution is -0.114. The summed E-state index contributed by atoms with van der Waals surface area (Å²) in [7, 11) is 0. The van der Waals surface area contributed by atoms with E-state index in [1.165, 1.54) is 0 Å². The number of carbonyl (C=O) groups excluding carboxylic acids is 1. The first-order chi connectivity index (χ1) is 4.09. The Bertz CT molecular complexity index is 133. The van der Waals surface area contributed by atoms with Crippen molar-refractivity contribution in [3.05, 3.63) is 11.3 Å². The van der Waals surface area contributed by atoms with Crippen molar-refractivity contribution in [1.82, 2.24) is 0 Å². The van der Waals surface area contributed by atoms with Gasteiger partial charge in [0.1, 0.15) is 5.76 Å². The topological polar surface area (TPSA) is 57.5 Å². The van der Waals surface area contributed by atoms with Crippen molar-refractivity contribution >= 4 is 6.29 Å². The van der Waals surface area contributed by atoms with Crippen LogP contribution in [-0.2, 0) is 4.79 Å². The van der Waals surface area contributed by atoms with Gasteiger partial charge in [0.15, 0.2) is 12.4 Å². The van der Waals surface area contributed by atoms with E-state index in [1.807, 2.05) is 0 Å². The summed E-state index contributed by atoms with van der Waals surface area (Å²) >= 11 is 0. The number of aldehydes is 1. The first kappa shape index (κ1) is 8.17. The Kier molecular flexibility index (Phi) is 2.95. The highest BCUT2D eigenvalue weighted by atomic mass is 16.3. The van der Waals surface area contributed by atoms with Crippen LogP contribution in [0.15, 0.2) is 11.3 Å². The second-order valence-corrected chi connectivity index (χ2v) is 1.97. The maximum Gasteiger partial charge on any atom is 0.166 e. The quantitative estimate of drug-likeness (QED) is 0.420. The van der Waals surface area contributed by atoms with Crippen molar-refractivity contribution in [1.29, 1.82) is 0 Å². The van der Waals surface area contributed by atoms with Gasteiger partial charge < -0.3 is 10.2 Å². The fraction of sp³-hybridized carbons (Fsp3) is 0.500. The number of rotatable bonds is 2. The number of aliphatic hydroxyl groups is 2. The molecule has 0 bridgehead atoms. The van der Waals surface area contributed by atoms with Crippen LogP contribution in [0.1, 0.15) is 13.8 Å². The molecule has 0 rings (SSSR count). The summed E-state index contributed by atoms with van der Waals surface area (Å²) in [5.41, 5.74) is 0.551. The molecule has 0 aromatic rings. The lowest BCUT2D eigenvalue weighted by Gasteiger charge is -2.01. The Morgan fingerprint density at radius 3 is 2.11 bits per heavy atom. The molecule has 0 aromatic heterocycles. The van der Waals surface area contributed by atoms with Crippen LogP contribution in [0, 0.1) is 0 Å². The minimum absolute atomic E-state index is 0.259. The van der Waals surface area contributed by atoms with Crippen molar-refractivity contribution in [2.75, 3.05) is 0 Å². The molecule has 0 aliphatic heterocycles. The van der Waals surface area contributed by atoms with E-state index in [-0.39, 0.29) is 12.0 Å². The number of hydrogen-bond donors (Lipinski definition) is 2. The molecule has 1 atom stereocenters. The fourth-order valence-corrected chi connectivity index (χ4v) is 0.360. The van der Waals surface area contributed by atoms with Gasteiger partial charge >= 0.3 is 0 Å². The standard InChI is InChI=1S/C6H10O3/c1-4(2)6(9)5(8)3-7/h3,5,8-9H,1-2H3/t5-/m0/s1. The third-order valence-electron chi connectivity index (χ3n) is 0.921. The van der Waals surface area contributed by atoms with Crippen LogP contribution < -0.4 is 0 Å². The van der Waals surface area contributed by atoms with Crippen LogP contribution in [0.5, 0.6) is 0 Å². The molecular weight excluding hydrogens is 120 g/mol. The second kappa shape index (κ2) is 3.25. The fourth-order valence-electron chi connectivity index (χ4n) is 0.360. The average Bonchev–Trinajstić information content (AvgIpc) is 1.84. The van der Waals surface area contributed by atoms with E-state index in [4.69, 9.17) is 10.2 Å². The molecule has 0 spiro atoms. The van der Waals surface area contributed by atoms with Gasteiger partial charge in [-0.3, -0.25) is 4.79 Å². The smallest absolute Gasteiger partial charge is 0.166 e. The Labute approximate surface area is 53.6 Å². The third kappa shape index (κ3) is 2.28. The predicted molar refractivity (Wildman–Crippen MR) is 33.1 cm³/mol. The maximum atomic E-state index is 9.81. The van der Waals surface area contributed by atoms with Gasteiger partial charge in [0.2, 0.25) is 0 Å². The Morgan fingerprint density at radius 1 is 1.56 bits per heavy atom. The Morgan fingerprint density at radius 2 is 2.00 bits per heavy atom. The molecule has 0 saturated heterocycles. The van der Waals surface area contributed by atoms with Crippen LogP contribution >= 0.6 is 0 Å². The minimum Gasteiger partial charge on any atom is -0.509 e. The molecule has 0 fully saturated rings. The van der Waals surface area contributed by atoms with E-state index in [2.05, 4.69) is 0 Å². The molecule has 2 N–H and O–H groups in total. The van der Waals surface area contributed by atoms with Crippen molar-refractivity contribution in [3.63, 3.8) is 0 Å². The number of carbonyl (C=O) groups is 1. The molecule has 0 aliphatic rings. The maximum absolute atomic E-state index is 9.81. The summed E-state index contributed by atoms with van der Waals surface area (Å²) in [5.74, 6) is -0.259. The highest BCUT2D eigenvalue weighted by Gasteiger charge is 2.07. The molecule has 3 nitrogen and oxygen atoms in total. The summed E-state index contributed by atoms with van der Waals surface area (Å²) in [6.45, 7) is 3.23. The molecular formula is C6H10O3. The van der Waals surface area contributed by atoms with Crippen molar-refractivity contribution in [2.45, 2.75) is 20.0 Å². The van der Waals surface area contributed by atoms with Gasteiger partial charge in [-0.15, -0.1) is 0 Å². The zero-order valence-corrected chi connectivity index (χ0v) is 5.46. The Hall–Kier alpha value is -0.830. The Balaban J connectivity index is 4.19. The molecule has 0 heterocycles. The molecule has 3 heteroatoms. The van der Waals surface area contributed by atoms with Crippen LogP contribution in [0.4, 0.5) is 0 Å². The van der Waals surface area contributed by atoms with E-state index in [0.717, 1.165) is 0 Å². The zero-order valence-electron chi connectivity index (χ0n) is 5.46. The molecule has 0 aromatic carbocycles. The molecule has 0 aliphatic carbocycles. The molecule has 0 saturated carbocycles. The first-order valence-corrected chi connectivity index (χ1v) is 2.59. The summed E-state index contributed by atoms with van der Waals surface area (Å²) < 4.78 is 0. The summed E-state index contributed by atoms with van der Waals surface area (Å²) in [5, 5.41) is 17.4. The van der Waals surface area contributed by atoms with Crippen LogP contribution in [-0.4, -0.2) is 22.6 Å². The monoisotopic (exact) mass is 130 g/mol. The number of aliphatic hydroxyl groups excluding tert-OH is 2. The summed E-state index contributed by atoms with van der Waals surface area (Å²) in [6, 6.07) is 0. The second-order valence-electron chi connectivity index (χ2n) is 1.97. The van der Waals surface area contributed by atoms with Crippen LogP contribution in [0.2, 0.25) is 0 Å². The van der Waals surface area contributed by atoms with Crippen molar-refractivity contribution < 1.29 is 15.0 Å². The highest BCUT2D eigenvalue weighted by Crippen LogP contribution is 2.01. The van der Waals surface area contributed by atoms with Crippen LogP contribution in [0.25, 0.3) is 0 Å². The predicted octanol–water partition coefficient (Wildman–Crippen LogP) is 0.398. The van der Waals surface area contributed by atoms with Gasteiger partial charge in [0.25, 0.3) is 0 Å². The largest absolute Gasteiger partial charge is 0.509 e. The molecule has 9 heavy (non-hydrogen) atoms. The van der Waals surface area contributed by atoms with Gasteiger partial charge in [-0.05, 0) is 19.4 Å². The zero-order chi connectivity index (χ0) is 7.44. The van der Waals surface area contributed by atoms with Crippen molar-refractivity contribution in [3.8, 4) is 0 Å². The van der Waals surface area contributed by atoms with Crippen molar-refractivity contribution in [2.24, 2.45) is 0 Å². The molecule has 0 amide bonds. The normalized spacial score (nSPS) is 12.3. The third-order valence-corrected chi connectivity index (χ3v) is 0.921. The van der Waals surface area contributed by atoms with E-state index >= 15 is 0 Å². The van der Waals surface area contributed by atoms with Gasteiger partial charge in [0.05, 0.1) is 0 Å². The van der Waals surface area contributed by atoms with Crippen LogP contribution in [0.3, 0.4) is 0 Å². The van der Waals surface area contributed by atoms with Gasteiger partial charge in [-0.1, -0.05) is 0 Å². The van der Waals surface area contributed by atoms with E-state index in [0.29, 0.717) is 5.57 Å². The minimum atomic E-state index is -1.35. The average molecular weight is 130 g/mol. The lowest BCUT2D eigenvalue weighted by Crippen LogP contribution is -2.12. The number of allylic oxidation sites excluding steroid dienone is 1.